The molecule has 1 aromatic heterocycles. The zero-order valence-corrected chi connectivity index (χ0v) is 17.4. The first kappa shape index (κ1) is 21.0. The van der Waals surface area contributed by atoms with Gasteiger partial charge in [0.1, 0.15) is 5.75 Å². The predicted octanol–water partition coefficient (Wildman–Crippen LogP) is 3.74. The number of carbonyl (C=O) groups excluding carboxylic acids is 2. The highest BCUT2D eigenvalue weighted by molar-refractivity contribution is 6.05. The van der Waals surface area contributed by atoms with Gasteiger partial charge in [0.05, 0.1) is 12.8 Å². The molecule has 0 unspecified atom stereocenters. The summed E-state index contributed by atoms with van der Waals surface area (Å²) in [6.07, 6.45) is 2.92. The summed E-state index contributed by atoms with van der Waals surface area (Å²) in [5.41, 5.74) is 3.92. The lowest BCUT2D eigenvalue weighted by molar-refractivity contribution is -0.690. The molecule has 6 nitrogen and oxygen atoms in total. The molecule has 0 aliphatic heterocycles. The number of benzene rings is 2. The maximum atomic E-state index is 12.5. The Bertz CT molecular complexity index is 1050. The van der Waals surface area contributed by atoms with E-state index in [-0.39, 0.29) is 18.4 Å². The first-order chi connectivity index (χ1) is 14.5. The third kappa shape index (κ3) is 5.23. The van der Waals surface area contributed by atoms with Crippen LogP contribution in [0.4, 0.5) is 11.4 Å². The molecule has 2 N–H and O–H groups in total. The van der Waals surface area contributed by atoms with Gasteiger partial charge in [0, 0.05) is 29.8 Å². The van der Waals surface area contributed by atoms with Crippen molar-refractivity contribution in [3.05, 3.63) is 83.7 Å². The maximum absolute atomic E-state index is 12.5. The minimum absolute atomic E-state index is 0.123. The number of hydrogen-bond acceptors (Lipinski definition) is 3. The number of nitrogens with one attached hydrogen (secondary N) is 2. The first-order valence-corrected chi connectivity index (χ1v) is 9.83. The molecule has 2 amide bonds. The molecule has 0 saturated carbocycles. The molecule has 154 valence electrons. The molecular weight excluding hydrogens is 378 g/mol. The normalized spacial score (nSPS) is 10.4. The largest absolute Gasteiger partial charge is 0.495 e. The SMILES string of the molecule is CCc1ccc(C)[n+](CC(=O)Nc2ccc(C(=O)Nc3ccccc3OC)cc2)c1. The van der Waals surface area contributed by atoms with E-state index in [1.807, 2.05) is 35.9 Å². The fraction of sp³-hybridized carbons (Fsp3) is 0.208. The van der Waals surface area contributed by atoms with E-state index in [9.17, 15) is 9.59 Å². The monoisotopic (exact) mass is 404 g/mol. The van der Waals surface area contributed by atoms with Gasteiger partial charge in [-0.2, -0.15) is 4.57 Å². The number of para-hydroxylation sites is 2. The average molecular weight is 404 g/mol. The summed E-state index contributed by atoms with van der Waals surface area (Å²) >= 11 is 0. The van der Waals surface area contributed by atoms with E-state index in [2.05, 4.69) is 23.6 Å². The topological polar surface area (TPSA) is 71.3 Å². The van der Waals surface area contributed by atoms with Crippen LogP contribution >= 0.6 is 0 Å². The Kier molecular flexibility index (Phi) is 6.80. The van der Waals surface area contributed by atoms with Gasteiger partial charge in [-0.25, -0.2) is 0 Å². The van der Waals surface area contributed by atoms with Crippen LogP contribution < -0.4 is 19.9 Å². The highest BCUT2D eigenvalue weighted by Crippen LogP contribution is 2.23. The quantitative estimate of drug-likeness (QED) is 0.589. The number of ether oxygens (including phenoxy) is 1. The molecule has 1 heterocycles. The molecule has 30 heavy (non-hydrogen) atoms. The lowest BCUT2D eigenvalue weighted by atomic mass is 10.2. The lowest BCUT2D eigenvalue weighted by Gasteiger charge is -2.10. The van der Waals surface area contributed by atoms with Crippen molar-refractivity contribution in [2.24, 2.45) is 0 Å². The van der Waals surface area contributed by atoms with E-state index in [1.165, 1.54) is 5.56 Å². The van der Waals surface area contributed by atoms with Gasteiger partial charge >= 0.3 is 0 Å². The van der Waals surface area contributed by atoms with Crippen LogP contribution in [0.25, 0.3) is 0 Å². The summed E-state index contributed by atoms with van der Waals surface area (Å²) in [6.45, 7) is 4.29. The van der Waals surface area contributed by atoms with Crippen molar-refractivity contribution in [3.63, 3.8) is 0 Å². The maximum Gasteiger partial charge on any atom is 0.290 e. The van der Waals surface area contributed by atoms with Crippen LogP contribution in [-0.4, -0.2) is 18.9 Å². The molecule has 0 bridgehead atoms. The fourth-order valence-corrected chi connectivity index (χ4v) is 3.05. The lowest BCUT2D eigenvalue weighted by Crippen LogP contribution is -2.43. The van der Waals surface area contributed by atoms with Crippen LogP contribution in [0, 0.1) is 6.92 Å². The molecule has 0 aliphatic rings. The van der Waals surface area contributed by atoms with Crippen LogP contribution in [0.5, 0.6) is 5.75 Å². The molecule has 6 heteroatoms. The number of anilines is 2. The van der Waals surface area contributed by atoms with Crippen LogP contribution in [0.2, 0.25) is 0 Å². The van der Waals surface area contributed by atoms with E-state index < -0.39 is 0 Å². The van der Waals surface area contributed by atoms with Crippen LogP contribution in [0.3, 0.4) is 0 Å². The molecule has 0 spiro atoms. The smallest absolute Gasteiger partial charge is 0.290 e. The van der Waals surface area contributed by atoms with Crippen LogP contribution in [-0.2, 0) is 17.8 Å². The van der Waals surface area contributed by atoms with Gasteiger partial charge in [0.25, 0.3) is 11.8 Å². The predicted molar refractivity (Wildman–Crippen MR) is 117 cm³/mol. The van der Waals surface area contributed by atoms with Crippen molar-refractivity contribution in [1.29, 1.82) is 0 Å². The average Bonchev–Trinajstić information content (AvgIpc) is 2.76. The van der Waals surface area contributed by atoms with Crippen molar-refractivity contribution < 1.29 is 18.9 Å². The third-order valence-electron chi connectivity index (χ3n) is 4.82. The Hall–Kier alpha value is -3.67. The van der Waals surface area contributed by atoms with Crippen molar-refractivity contribution in [1.82, 2.24) is 0 Å². The second kappa shape index (κ2) is 9.69. The molecule has 2 aromatic carbocycles. The summed E-state index contributed by atoms with van der Waals surface area (Å²) < 4.78 is 7.19. The molecule has 0 aliphatic carbocycles. The summed E-state index contributed by atoms with van der Waals surface area (Å²) in [5, 5.41) is 5.71. The molecule has 0 saturated heterocycles. The summed E-state index contributed by atoms with van der Waals surface area (Å²) in [7, 11) is 1.56. The molecule has 0 atom stereocenters. The Morgan fingerprint density at radius 2 is 1.70 bits per heavy atom. The van der Waals surface area contributed by atoms with E-state index in [4.69, 9.17) is 4.74 Å². The Balaban J connectivity index is 1.63. The van der Waals surface area contributed by atoms with Gasteiger partial charge in [-0.3, -0.25) is 9.59 Å². The molecule has 0 radical (unpaired) electrons. The van der Waals surface area contributed by atoms with E-state index >= 15 is 0 Å². The van der Waals surface area contributed by atoms with Gasteiger partial charge in [-0.15, -0.1) is 0 Å². The second-order valence-electron chi connectivity index (χ2n) is 6.94. The highest BCUT2D eigenvalue weighted by atomic mass is 16.5. The minimum atomic E-state index is -0.250. The van der Waals surface area contributed by atoms with Gasteiger partial charge < -0.3 is 15.4 Å². The van der Waals surface area contributed by atoms with Gasteiger partial charge in [-0.05, 0) is 48.9 Å². The van der Waals surface area contributed by atoms with Gasteiger partial charge in [0.15, 0.2) is 11.9 Å². The minimum Gasteiger partial charge on any atom is -0.495 e. The van der Waals surface area contributed by atoms with Crippen molar-refractivity contribution in [2.75, 3.05) is 17.7 Å². The number of aryl methyl sites for hydroxylation is 2. The second-order valence-corrected chi connectivity index (χ2v) is 6.94. The van der Waals surface area contributed by atoms with Crippen molar-refractivity contribution in [3.8, 4) is 5.75 Å². The Morgan fingerprint density at radius 3 is 2.40 bits per heavy atom. The standard InChI is InChI=1S/C24H25N3O3/c1-4-18-10-9-17(2)27(15-18)16-23(28)25-20-13-11-19(12-14-20)24(29)26-21-7-5-6-8-22(21)30-3/h5-15H,4,16H2,1-3H3,(H-,25,26,28,29)/p+1. The zero-order chi connectivity index (χ0) is 21.5. The van der Waals surface area contributed by atoms with E-state index in [0.29, 0.717) is 22.7 Å². The van der Waals surface area contributed by atoms with Gasteiger partial charge in [0.2, 0.25) is 6.54 Å². The molecular formula is C24H26N3O3+. The molecule has 0 fully saturated rings. The van der Waals surface area contributed by atoms with Gasteiger partial charge in [-0.1, -0.05) is 19.1 Å². The fourth-order valence-electron chi connectivity index (χ4n) is 3.05. The highest BCUT2D eigenvalue weighted by Gasteiger charge is 2.14. The number of rotatable bonds is 7. The molecule has 3 rings (SSSR count). The zero-order valence-electron chi connectivity index (χ0n) is 17.4. The number of pyridine rings is 1. The first-order valence-electron chi connectivity index (χ1n) is 9.83. The number of nitrogens with zero attached hydrogens (tertiary/aromatic N) is 1. The Morgan fingerprint density at radius 1 is 0.967 bits per heavy atom. The number of aromatic nitrogens is 1. The van der Waals surface area contributed by atoms with Crippen molar-refractivity contribution in [2.45, 2.75) is 26.8 Å². The van der Waals surface area contributed by atoms with Crippen LogP contribution in [0.15, 0.2) is 66.9 Å². The number of hydrogen-bond donors (Lipinski definition) is 2. The number of carbonyl (C=O) groups is 2. The summed E-state index contributed by atoms with van der Waals surface area (Å²) in [6, 6.07) is 18.1. The summed E-state index contributed by atoms with van der Waals surface area (Å²) in [4.78, 5) is 24.9. The van der Waals surface area contributed by atoms with E-state index in [0.717, 1.165) is 12.1 Å². The number of methoxy groups -OCH3 is 1. The summed E-state index contributed by atoms with van der Waals surface area (Å²) in [5.74, 6) is 0.220. The number of amides is 2. The Labute approximate surface area is 176 Å². The van der Waals surface area contributed by atoms with Crippen molar-refractivity contribution >= 4 is 23.2 Å². The van der Waals surface area contributed by atoms with E-state index in [1.54, 1.807) is 43.5 Å². The van der Waals surface area contributed by atoms with Crippen LogP contribution in [0.1, 0.15) is 28.5 Å². The molecule has 3 aromatic rings. The third-order valence-corrected chi connectivity index (χ3v) is 4.82.